The summed E-state index contributed by atoms with van der Waals surface area (Å²) in [6.45, 7) is 0. The number of hydrogen-bond donors (Lipinski definition) is 1. The molecule has 0 aliphatic carbocycles. The van der Waals surface area contributed by atoms with Crippen LogP contribution in [-0.2, 0) is 7.49 Å². The van der Waals surface area contributed by atoms with Gasteiger partial charge in [-0.1, -0.05) is 0 Å². The second-order valence-corrected chi connectivity index (χ2v) is 3.27. The predicted molar refractivity (Wildman–Crippen MR) is 27.3 cm³/mol. The second kappa shape index (κ2) is 2.65. The van der Waals surface area contributed by atoms with Crippen molar-refractivity contribution in [3.8, 4) is 0 Å². The van der Waals surface area contributed by atoms with E-state index in [1.807, 2.05) is 0 Å². The van der Waals surface area contributed by atoms with Gasteiger partial charge < -0.3 is 0 Å². The normalized spacial score (nSPS) is 11.8. The van der Waals surface area contributed by atoms with Gasteiger partial charge in [0.2, 0.25) is 0 Å². The second-order valence-electron chi connectivity index (χ2n) is 0.301. The van der Waals surface area contributed by atoms with Crippen LogP contribution < -0.4 is 0 Å². The monoisotopic (exact) mass is 204 g/mol. The third kappa shape index (κ3) is 4.42. The maximum absolute atomic E-state index is 7.96. The molecule has 3 nitrogen and oxygen atoms in total. The number of halogens is 1. The van der Waals surface area contributed by atoms with Gasteiger partial charge in [-0.2, -0.15) is 4.61 Å². The Bertz CT molecular complexity index is 120. The molecule has 5 heteroatoms. The fourth-order valence-corrected chi connectivity index (χ4v) is 0. The lowest BCUT2D eigenvalue weighted by Crippen LogP contribution is -1.40. The van der Waals surface area contributed by atoms with Gasteiger partial charge in [-0.05, 0) is 4.53 Å². The van der Waals surface area contributed by atoms with E-state index < -0.39 is 7.49 Å². The SMILES string of the molecule is N#S(I)=NO. The minimum Gasteiger partial charge on any atom is -0.255 e. The van der Waals surface area contributed by atoms with E-state index in [9.17, 15) is 0 Å². The molecule has 0 spiro atoms. The number of hydrogen-bond acceptors (Lipinski definition) is 2. The first kappa shape index (κ1) is 5.42. The number of nitrogens with zero attached hydrogens (tertiary/aromatic N) is 2. The topological polar surface area (TPSA) is 56.4 Å². The molecule has 0 amide bonds. The van der Waals surface area contributed by atoms with Crippen LogP contribution in [0.3, 0.4) is 0 Å². The van der Waals surface area contributed by atoms with E-state index in [1.54, 1.807) is 21.2 Å². The van der Waals surface area contributed by atoms with E-state index in [1.165, 1.54) is 0 Å². The fraction of sp³-hybridized carbons (Fsp3) is 0. The molecule has 0 atom stereocenters. The summed E-state index contributed by atoms with van der Waals surface area (Å²) in [7, 11) is -1.17. The summed E-state index contributed by atoms with van der Waals surface area (Å²) >= 11 is 1.57. The molecule has 0 aliphatic heterocycles. The molecule has 0 saturated heterocycles. The van der Waals surface area contributed by atoms with Crippen molar-refractivity contribution >= 4 is 28.7 Å². The van der Waals surface area contributed by atoms with E-state index in [-0.39, 0.29) is 0 Å². The Balaban J connectivity index is 3.82. The largest absolute Gasteiger partial charge is 0.255 e. The first-order valence-corrected chi connectivity index (χ1v) is 4.40. The Morgan fingerprint density at radius 1 is 2.00 bits per heavy atom. The molecule has 30 valence electrons. The molecule has 0 aromatic carbocycles. The van der Waals surface area contributed by atoms with Gasteiger partial charge in [-0.3, -0.25) is 5.21 Å². The van der Waals surface area contributed by atoms with Crippen molar-refractivity contribution in [2.45, 2.75) is 0 Å². The van der Waals surface area contributed by atoms with Crippen LogP contribution in [0.5, 0.6) is 0 Å². The van der Waals surface area contributed by atoms with Crippen LogP contribution in [0.4, 0.5) is 0 Å². The van der Waals surface area contributed by atoms with E-state index in [2.05, 4.69) is 4.53 Å². The van der Waals surface area contributed by atoms with Crippen molar-refractivity contribution in [1.29, 1.82) is 4.61 Å². The predicted octanol–water partition coefficient (Wildman–Crippen LogP) is 1.01. The van der Waals surface area contributed by atoms with Gasteiger partial charge in [0, 0.05) is 0 Å². The van der Waals surface area contributed by atoms with Crippen LogP contribution in [0.1, 0.15) is 0 Å². The summed E-state index contributed by atoms with van der Waals surface area (Å²) in [5.41, 5.74) is 0. The zero-order valence-corrected chi connectivity index (χ0v) is 5.10. The van der Waals surface area contributed by atoms with Crippen LogP contribution in [0, 0.1) is 4.61 Å². The summed E-state index contributed by atoms with van der Waals surface area (Å²) in [4.78, 5) is 0. The van der Waals surface area contributed by atoms with Crippen LogP contribution in [0.2, 0.25) is 0 Å². The molecule has 1 N–H and O–H groups in total. The van der Waals surface area contributed by atoms with E-state index in [0.29, 0.717) is 0 Å². The first-order valence-electron chi connectivity index (χ1n) is 0.719. The Labute approximate surface area is 43.2 Å². The molecule has 0 unspecified atom stereocenters. The highest BCUT2D eigenvalue weighted by molar-refractivity contribution is 14.2. The summed E-state index contributed by atoms with van der Waals surface area (Å²) in [5.74, 6) is 0. The molecular formula is HIN2OS. The fourth-order valence-electron chi connectivity index (χ4n) is 0. The molecule has 0 aromatic rings. The Kier molecular flexibility index (Phi) is 2.87. The molecular weight excluding hydrogens is 203 g/mol. The molecule has 0 rings (SSSR count). The lowest BCUT2D eigenvalue weighted by molar-refractivity contribution is 0.330. The molecule has 0 radical (unpaired) electrons. The zero-order valence-electron chi connectivity index (χ0n) is 2.13. The van der Waals surface area contributed by atoms with Gasteiger partial charge in [0.1, 0.15) is 7.49 Å². The molecule has 0 aromatic heterocycles. The summed E-state index contributed by atoms with van der Waals surface area (Å²) in [6.07, 6.45) is 0. The summed E-state index contributed by atoms with van der Waals surface area (Å²) in [5, 5.41) is 7.52. The molecule has 0 bridgehead atoms. The zero-order chi connectivity index (χ0) is 4.28. The molecule has 0 saturated carbocycles. The van der Waals surface area contributed by atoms with Gasteiger partial charge in [-0.25, -0.2) is 0 Å². The minimum absolute atomic E-state index is 1.17. The number of rotatable bonds is 0. The lowest BCUT2D eigenvalue weighted by Gasteiger charge is -1.50. The van der Waals surface area contributed by atoms with Crippen LogP contribution >= 0.6 is 21.2 Å². The smallest absolute Gasteiger partial charge is 0.135 e. The lowest BCUT2D eigenvalue weighted by atomic mass is 13.6. The average Bonchev–Trinajstić information content (AvgIpc) is 1.38. The quantitative estimate of drug-likeness (QED) is 0.472. The molecule has 0 heterocycles. The Hall–Kier alpha value is 0.420. The van der Waals surface area contributed by atoms with Crippen molar-refractivity contribution in [2.75, 3.05) is 0 Å². The highest BCUT2D eigenvalue weighted by atomic mass is 127. The maximum atomic E-state index is 7.96. The van der Waals surface area contributed by atoms with Gasteiger partial charge in [0.25, 0.3) is 0 Å². The molecule has 0 aliphatic rings. The van der Waals surface area contributed by atoms with Gasteiger partial charge in [0.15, 0.2) is 0 Å². The average molecular weight is 204 g/mol. The van der Waals surface area contributed by atoms with Gasteiger partial charge in [-0.15, -0.1) is 0 Å². The Morgan fingerprint density at radius 2 is 2.20 bits per heavy atom. The van der Waals surface area contributed by atoms with Gasteiger partial charge in [0.05, 0.1) is 21.2 Å². The minimum atomic E-state index is -1.17. The van der Waals surface area contributed by atoms with Crippen molar-refractivity contribution < 1.29 is 5.21 Å². The summed E-state index contributed by atoms with van der Waals surface area (Å²) in [6, 6.07) is 0. The maximum Gasteiger partial charge on any atom is 0.135 e. The third-order valence-corrected chi connectivity index (χ3v) is 0.731. The van der Waals surface area contributed by atoms with E-state index in [0.717, 1.165) is 0 Å². The van der Waals surface area contributed by atoms with Crippen LogP contribution in [0.25, 0.3) is 0 Å². The van der Waals surface area contributed by atoms with Crippen molar-refractivity contribution in [3.05, 3.63) is 0 Å². The van der Waals surface area contributed by atoms with Crippen molar-refractivity contribution in [3.63, 3.8) is 0 Å². The van der Waals surface area contributed by atoms with Crippen LogP contribution in [-0.4, -0.2) is 5.21 Å². The van der Waals surface area contributed by atoms with Gasteiger partial charge >= 0.3 is 0 Å². The molecule has 0 fully saturated rings. The van der Waals surface area contributed by atoms with Crippen molar-refractivity contribution in [1.82, 2.24) is 0 Å². The first-order chi connectivity index (χ1) is 2.27. The van der Waals surface area contributed by atoms with E-state index >= 15 is 0 Å². The highest BCUT2D eigenvalue weighted by Crippen LogP contribution is 1.77. The molecule has 5 heavy (non-hydrogen) atoms. The Morgan fingerprint density at radius 3 is 2.20 bits per heavy atom. The van der Waals surface area contributed by atoms with Crippen LogP contribution in [0.15, 0.2) is 4.53 Å². The van der Waals surface area contributed by atoms with E-state index in [4.69, 9.17) is 9.82 Å². The third-order valence-electron chi connectivity index (χ3n) is 0.0674. The standard InChI is InChI=1S/HIN2OS/c1-5(2)3-4/h4H. The summed E-state index contributed by atoms with van der Waals surface area (Å²) < 4.78 is 10.4. The highest BCUT2D eigenvalue weighted by Gasteiger charge is 1.52. The van der Waals surface area contributed by atoms with Crippen molar-refractivity contribution in [2.24, 2.45) is 4.53 Å².